The van der Waals surface area contributed by atoms with Crippen LogP contribution in [-0.4, -0.2) is 13.1 Å². The van der Waals surface area contributed by atoms with E-state index in [4.69, 9.17) is 9.47 Å². The van der Waals surface area contributed by atoms with Crippen molar-refractivity contribution < 1.29 is 14.3 Å². The number of carbonyl (C=O) groups excluding carboxylic acids is 1. The zero-order valence-electron chi connectivity index (χ0n) is 8.03. The smallest absolute Gasteiger partial charge is 0.231 e. The minimum atomic E-state index is -0.0911. The van der Waals surface area contributed by atoms with Crippen LogP contribution in [0.5, 0.6) is 11.5 Å². The molecule has 0 aliphatic carbocycles. The van der Waals surface area contributed by atoms with Gasteiger partial charge in [-0.25, -0.2) is 0 Å². The van der Waals surface area contributed by atoms with Crippen molar-refractivity contribution in [1.82, 2.24) is 0 Å². The third-order valence-corrected chi connectivity index (χ3v) is 2.43. The average Bonchev–Trinajstić information content (AvgIpc) is 2.68. The zero-order chi connectivity index (χ0) is 9.97. The molecule has 0 bridgehead atoms. The first-order chi connectivity index (χ1) is 6.86. The zero-order valence-corrected chi connectivity index (χ0v) is 8.03. The molecule has 0 amide bonds. The van der Waals surface area contributed by atoms with E-state index in [2.05, 4.69) is 0 Å². The topological polar surface area (TPSA) is 35.5 Å². The molecule has 74 valence electrons. The Bertz CT molecular complexity index is 346. The Morgan fingerprint density at radius 2 is 2.36 bits per heavy atom. The second-order valence-electron chi connectivity index (χ2n) is 3.23. The van der Waals surface area contributed by atoms with Crippen molar-refractivity contribution in [3.63, 3.8) is 0 Å². The fourth-order valence-electron chi connectivity index (χ4n) is 1.63. The van der Waals surface area contributed by atoms with Crippen molar-refractivity contribution in [2.45, 2.75) is 19.3 Å². The van der Waals surface area contributed by atoms with Gasteiger partial charge in [0, 0.05) is 11.5 Å². The van der Waals surface area contributed by atoms with Crippen LogP contribution in [0.15, 0.2) is 18.2 Å². The van der Waals surface area contributed by atoms with Crippen LogP contribution in [0.4, 0.5) is 0 Å². The predicted molar refractivity (Wildman–Crippen MR) is 51.7 cm³/mol. The maximum Gasteiger partial charge on any atom is 0.231 e. The number of ether oxygens (including phenoxy) is 2. The molecule has 0 saturated heterocycles. The van der Waals surface area contributed by atoms with Gasteiger partial charge in [0.1, 0.15) is 6.29 Å². The van der Waals surface area contributed by atoms with E-state index in [9.17, 15) is 4.79 Å². The van der Waals surface area contributed by atoms with Gasteiger partial charge in [-0.3, -0.25) is 0 Å². The third kappa shape index (κ3) is 1.35. The summed E-state index contributed by atoms with van der Waals surface area (Å²) in [4.78, 5) is 10.8. The highest BCUT2D eigenvalue weighted by atomic mass is 16.7. The Labute approximate surface area is 82.6 Å². The molecular weight excluding hydrogens is 180 g/mol. The van der Waals surface area contributed by atoms with E-state index in [1.54, 1.807) is 0 Å². The molecule has 0 radical (unpaired) electrons. The number of fused-ring (bicyclic) bond motifs is 1. The number of hydrogen-bond acceptors (Lipinski definition) is 3. The monoisotopic (exact) mass is 192 g/mol. The van der Waals surface area contributed by atoms with Gasteiger partial charge >= 0.3 is 0 Å². The third-order valence-electron chi connectivity index (χ3n) is 2.43. The first-order valence-corrected chi connectivity index (χ1v) is 4.70. The lowest BCUT2D eigenvalue weighted by molar-refractivity contribution is -0.109. The van der Waals surface area contributed by atoms with Gasteiger partial charge in [-0.15, -0.1) is 0 Å². The van der Waals surface area contributed by atoms with E-state index >= 15 is 0 Å². The maximum atomic E-state index is 10.8. The lowest BCUT2D eigenvalue weighted by Crippen LogP contribution is -2.00. The minimum Gasteiger partial charge on any atom is -0.454 e. The minimum absolute atomic E-state index is 0.0911. The number of rotatable bonds is 3. The SMILES string of the molecule is CCC(C=O)c1cccc2c1OCO2. The molecular formula is C11H12O3. The van der Waals surface area contributed by atoms with E-state index in [1.807, 2.05) is 25.1 Å². The van der Waals surface area contributed by atoms with E-state index in [0.29, 0.717) is 0 Å². The standard InChI is InChI=1S/C11H12O3/c1-2-8(6-12)9-4-3-5-10-11(9)14-7-13-10/h3-6,8H,2,7H2,1H3. The van der Waals surface area contributed by atoms with Gasteiger partial charge in [-0.1, -0.05) is 19.1 Å². The van der Waals surface area contributed by atoms with E-state index in [1.165, 1.54) is 0 Å². The van der Waals surface area contributed by atoms with Crippen LogP contribution >= 0.6 is 0 Å². The summed E-state index contributed by atoms with van der Waals surface area (Å²) in [6.45, 7) is 2.23. The Hall–Kier alpha value is -1.51. The quantitative estimate of drug-likeness (QED) is 0.688. The number of aldehydes is 1. The Morgan fingerprint density at radius 3 is 3.07 bits per heavy atom. The molecule has 3 heteroatoms. The van der Waals surface area contributed by atoms with Gasteiger partial charge in [-0.2, -0.15) is 0 Å². The fourth-order valence-corrected chi connectivity index (χ4v) is 1.63. The van der Waals surface area contributed by atoms with Gasteiger partial charge in [0.05, 0.1) is 0 Å². The Balaban J connectivity index is 2.43. The molecule has 2 rings (SSSR count). The van der Waals surface area contributed by atoms with Crippen LogP contribution in [0, 0.1) is 0 Å². The molecule has 1 heterocycles. The lowest BCUT2D eigenvalue weighted by atomic mass is 9.97. The van der Waals surface area contributed by atoms with Crippen LogP contribution in [-0.2, 0) is 4.79 Å². The lowest BCUT2D eigenvalue weighted by Gasteiger charge is -2.10. The van der Waals surface area contributed by atoms with Crippen molar-refractivity contribution in [2.24, 2.45) is 0 Å². The highest BCUT2D eigenvalue weighted by Gasteiger charge is 2.21. The molecule has 1 aromatic rings. The first kappa shape index (κ1) is 9.06. The summed E-state index contributed by atoms with van der Waals surface area (Å²) in [6.07, 6.45) is 1.74. The summed E-state index contributed by atoms with van der Waals surface area (Å²) < 4.78 is 10.6. The Morgan fingerprint density at radius 1 is 1.50 bits per heavy atom. The fraction of sp³-hybridized carbons (Fsp3) is 0.364. The van der Waals surface area contributed by atoms with Gasteiger partial charge in [0.25, 0.3) is 0 Å². The highest BCUT2D eigenvalue weighted by molar-refractivity contribution is 5.66. The number of carbonyl (C=O) groups is 1. The normalized spacial score (nSPS) is 15.2. The van der Waals surface area contributed by atoms with Crippen molar-refractivity contribution in [2.75, 3.05) is 6.79 Å². The predicted octanol–water partition coefficient (Wildman–Crippen LogP) is 2.11. The van der Waals surface area contributed by atoms with Crippen molar-refractivity contribution >= 4 is 6.29 Å². The summed E-state index contributed by atoms with van der Waals surface area (Å²) >= 11 is 0. The molecule has 0 aromatic heterocycles. The second kappa shape index (κ2) is 3.70. The summed E-state index contributed by atoms with van der Waals surface area (Å²) in [5, 5.41) is 0. The molecule has 14 heavy (non-hydrogen) atoms. The van der Waals surface area contributed by atoms with Crippen LogP contribution in [0.2, 0.25) is 0 Å². The molecule has 1 atom stereocenters. The largest absolute Gasteiger partial charge is 0.454 e. The Kier molecular flexibility index (Phi) is 2.39. The van der Waals surface area contributed by atoms with Crippen molar-refractivity contribution in [1.29, 1.82) is 0 Å². The maximum absolute atomic E-state index is 10.8. The summed E-state index contributed by atoms with van der Waals surface area (Å²) in [5.74, 6) is 1.38. The molecule has 0 fully saturated rings. The molecule has 0 saturated carbocycles. The average molecular weight is 192 g/mol. The molecule has 0 N–H and O–H groups in total. The summed E-state index contributed by atoms with van der Waals surface area (Å²) in [5.41, 5.74) is 0.928. The summed E-state index contributed by atoms with van der Waals surface area (Å²) in [6, 6.07) is 5.65. The van der Waals surface area contributed by atoms with E-state index in [0.717, 1.165) is 29.8 Å². The molecule has 1 unspecified atom stereocenters. The van der Waals surface area contributed by atoms with Crippen LogP contribution in [0.1, 0.15) is 24.8 Å². The molecule has 3 nitrogen and oxygen atoms in total. The first-order valence-electron chi connectivity index (χ1n) is 4.70. The molecule has 1 aromatic carbocycles. The number of hydrogen-bond donors (Lipinski definition) is 0. The van der Waals surface area contributed by atoms with Crippen molar-refractivity contribution in [3.05, 3.63) is 23.8 Å². The summed E-state index contributed by atoms with van der Waals surface area (Å²) in [7, 11) is 0. The number of benzene rings is 1. The molecule has 1 aliphatic heterocycles. The molecule has 0 spiro atoms. The van der Waals surface area contributed by atoms with E-state index in [-0.39, 0.29) is 12.7 Å². The highest BCUT2D eigenvalue weighted by Crippen LogP contribution is 2.39. The van der Waals surface area contributed by atoms with Crippen molar-refractivity contribution in [3.8, 4) is 11.5 Å². The second-order valence-corrected chi connectivity index (χ2v) is 3.23. The van der Waals surface area contributed by atoms with Crippen LogP contribution in [0.3, 0.4) is 0 Å². The van der Waals surface area contributed by atoms with Crippen LogP contribution in [0.25, 0.3) is 0 Å². The van der Waals surface area contributed by atoms with Gasteiger partial charge in [0.2, 0.25) is 6.79 Å². The van der Waals surface area contributed by atoms with Crippen LogP contribution < -0.4 is 9.47 Å². The van der Waals surface area contributed by atoms with E-state index < -0.39 is 0 Å². The van der Waals surface area contributed by atoms with Gasteiger partial charge in [-0.05, 0) is 12.5 Å². The van der Waals surface area contributed by atoms with Gasteiger partial charge < -0.3 is 14.3 Å². The molecule has 1 aliphatic rings. The van der Waals surface area contributed by atoms with Gasteiger partial charge in [0.15, 0.2) is 11.5 Å². The number of para-hydroxylation sites is 1.